The number of hydrogen-bond acceptors (Lipinski definition) is 2. The molecule has 1 unspecified atom stereocenters. The summed E-state index contributed by atoms with van der Waals surface area (Å²) in [6.45, 7) is 9.43. The molecule has 0 bridgehead atoms. The van der Waals surface area contributed by atoms with Gasteiger partial charge in [0.25, 0.3) is 0 Å². The average molecular weight is 477 g/mol. The molecule has 1 atom stereocenters. The summed E-state index contributed by atoms with van der Waals surface area (Å²) in [5.74, 6) is 0. The smallest absolute Gasteiger partial charge is 0.101 e. The molecule has 0 N–H and O–H groups in total. The Morgan fingerprint density at radius 3 is 1.12 bits per heavy atom. The van der Waals surface area contributed by atoms with Crippen LogP contribution in [0.1, 0.15) is 175 Å². The maximum atomic E-state index is 2.67. The van der Waals surface area contributed by atoms with Gasteiger partial charge in [-0.3, -0.25) is 0 Å². The van der Waals surface area contributed by atoms with Gasteiger partial charge in [-0.15, -0.1) is 0 Å². The predicted octanol–water partition coefficient (Wildman–Crippen LogP) is 10.8. The lowest BCUT2D eigenvalue weighted by Gasteiger charge is -2.33. The molecule has 2 heteroatoms. The average Bonchev–Trinajstić information content (AvgIpc) is 3.23. The largest absolute Gasteiger partial charge is 0.356 e. The van der Waals surface area contributed by atoms with Crippen molar-refractivity contribution in [3.63, 3.8) is 0 Å². The highest BCUT2D eigenvalue weighted by atomic mass is 15.4. The second kappa shape index (κ2) is 24.1. The molecule has 1 aliphatic heterocycles. The minimum Gasteiger partial charge on any atom is -0.356 e. The normalized spacial score (nSPS) is 15.7. The zero-order valence-corrected chi connectivity index (χ0v) is 24.0. The van der Waals surface area contributed by atoms with Crippen LogP contribution in [0.15, 0.2) is 12.4 Å². The van der Waals surface area contributed by atoms with E-state index in [0.29, 0.717) is 6.17 Å². The van der Waals surface area contributed by atoms with Gasteiger partial charge in [0.15, 0.2) is 0 Å². The Morgan fingerprint density at radius 1 is 0.382 bits per heavy atom. The standard InChI is InChI=1S/C32H64N2/c1-4-7-10-12-14-15-16-17-18-19-20-21-22-24-26-29-34-31-30-33(28-9-6-3)32(34)27-25-23-13-11-8-5-2/h30-32H,4-29H2,1-3H3. The SMILES string of the molecule is CCCCCCCCCCCCCCCCCN1C=CN(CCCC)C1CCCCCCCC. The summed E-state index contributed by atoms with van der Waals surface area (Å²) >= 11 is 0. The lowest BCUT2D eigenvalue weighted by molar-refractivity contribution is 0.136. The van der Waals surface area contributed by atoms with E-state index in [2.05, 4.69) is 43.0 Å². The van der Waals surface area contributed by atoms with E-state index in [4.69, 9.17) is 0 Å². The van der Waals surface area contributed by atoms with Crippen molar-refractivity contribution in [2.75, 3.05) is 13.1 Å². The van der Waals surface area contributed by atoms with Crippen LogP contribution in [0.4, 0.5) is 0 Å². The Labute approximate surface area is 216 Å². The van der Waals surface area contributed by atoms with Crippen LogP contribution >= 0.6 is 0 Å². The van der Waals surface area contributed by atoms with E-state index in [9.17, 15) is 0 Å². The van der Waals surface area contributed by atoms with E-state index in [1.807, 2.05) is 0 Å². The van der Waals surface area contributed by atoms with Crippen LogP contribution in [0.25, 0.3) is 0 Å². The van der Waals surface area contributed by atoms with E-state index >= 15 is 0 Å². The summed E-state index contributed by atoms with van der Waals surface area (Å²) in [4.78, 5) is 5.31. The van der Waals surface area contributed by atoms with E-state index in [-0.39, 0.29) is 0 Å². The third-order valence-corrected chi connectivity index (χ3v) is 7.82. The van der Waals surface area contributed by atoms with E-state index < -0.39 is 0 Å². The van der Waals surface area contributed by atoms with Crippen molar-refractivity contribution in [1.29, 1.82) is 0 Å². The Hall–Kier alpha value is -0.660. The molecule has 202 valence electrons. The number of unbranched alkanes of at least 4 members (excludes halogenated alkanes) is 20. The van der Waals surface area contributed by atoms with E-state index in [0.717, 1.165) is 0 Å². The van der Waals surface area contributed by atoms with Gasteiger partial charge in [-0.2, -0.15) is 0 Å². The summed E-state index contributed by atoms with van der Waals surface area (Å²) in [5, 5.41) is 0. The molecule has 0 spiro atoms. The molecule has 0 aromatic heterocycles. The van der Waals surface area contributed by atoms with Crippen molar-refractivity contribution in [2.45, 2.75) is 181 Å². The summed E-state index contributed by atoms with van der Waals surface area (Å²) in [6.07, 6.45) is 39.6. The fraction of sp³-hybridized carbons (Fsp3) is 0.938. The van der Waals surface area contributed by atoms with E-state index in [1.54, 1.807) is 0 Å². The van der Waals surface area contributed by atoms with Gasteiger partial charge < -0.3 is 9.80 Å². The molecular formula is C32H64N2. The first-order chi connectivity index (χ1) is 16.8. The van der Waals surface area contributed by atoms with Crippen molar-refractivity contribution in [1.82, 2.24) is 9.80 Å². The quantitative estimate of drug-likeness (QED) is 0.114. The van der Waals surface area contributed by atoms with Crippen molar-refractivity contribution < 1.29 is 0 Å². The van der Waals surface area contributed by atoms with Crippen LogP contribution < -0.4 is 0 Å². The molecule has 0 aliphatic carbocycles. The highest BCUT2D eigenvalue weighted by Crippen LogP contribution is 2.23. The van der Waals surface area contributed by atoms with Gasteiger partial charge in [0, 0.05) is 25.5 Å². The summed E-state index contributed by atoms with van der Waals surface area (Å²) in [5.41, 5.74) is 0. The summed E-state index contributed by atoms with van der Waals surface area (Å²) in [7, 11) is 0. The fourth-order valence-corrected chi connectivity index (χ4v) is 5.45. The molecule has 0 radical (unpaired) electrons. The Morgan fingerprint density at radius 2 is 0.706 bits per heavy atom. The van der Waals surface area contributed by atoms with Gasteiger partial charge in [0.1, 0.15) is 6.17 Å². The van der Waals surface area contributed by atoms with Crippen molar-refractivity contribution in [2.24, 2.45) is 0 Å². The third-order valence-electron chi connectivity index (χ3n) is 7.82. The number of hydrogen-bond donors (Lipinski definition) is 0. The molecule has 1 aliphatic rings. The zero-order valence-electron chi connectivity index (χ0n) is 24.0. The summed E-state index contributed by atoms with van der Waals surface area (Å²) in [6, 6.07) is 0. The maximum absolute atomic E-state index is 2.67. The first kappa shape index (κ1) is 31.4. The van der Waals surface area contributed by atoms with Gasteiger partial charge in [0.05, 0.1) is 0 Å². The molecule has 0 aromatic rings. The number of rotatable bonds is 26. The minimum atomic E-state index is 0.643. The van der Waals surface area contributed by atoms with Crippen molar-refractivity contribution in [3.8, 4) is 0 Å². The van der Waals surface area contributed by atoms with E-state index in [1.165, 1.54) is 167 Å². The highest BCUT2D eigenvalue weighted by Gasteiger charge is 2.24. The van der Waals surface area contributed by atoms with Crippen LogP contribution in [0, 0.1) is 0 Å². The lowest BCUT2D eigenvalue weighted by atomic mass is 10.0. The molecular weight excluding hydrogens is 412 g/mol. The monoisotopic (exact) mass is 477 g/mol. The lowest BCUT2D eigenvalue weighted by Crippen LogP contribution is -2.39. The van der Waals surface area contributed by atoms with Crippen LogP contribution in [-0.2, 0) is 0 Å². The van der Waals surface area contributed by atoms with Crippen molar-refractivity contribution in [3.05, 3.63) is 12.4 Å². The predicted molar refractivity (Wildman–Crippen MR) is 154 cm³/mol. The molecule has 0 amide bonds. The second-order valence-corrected chi connectivity index (χ2v) is 11.1. The Bertz CT molecular complexity index is 433. The van der Waals surface area contributed by atoms with Crippen LogP contribution in [0.2, 0.25) is 0 Å². The molecule has 0 aromatic carbocycles. The molecule has 2 nitrogen and oxygen atoms in total. The van der Waals surface area contributed by atoms with Gasteiger partial charge in [-0.1, -0.05) is 149 Å². The first-order valence-corrected chi connectivity index (χ1v) is 16.0. The topological polar surface area (TPSA) is 6.48 Å². The van der Waals surface area contributed by atoms with Gasteiger partial charge in [-0.05, 0) is 25.7 Å². The first-order valence-electron chi connectivity index (χ1n) is 16.0. The Kier molecular flexibility index (Phi) is 22.2. The molecule has 1 rings (SSSR count). The minimum absolute atomic E-state index is 0.643. The van der Waals surface area contributed by atoms with Gasteiger partial charge >= 0.3 is 0 Å². The second-order valence-electron chi connectivity index (χ2n) is 11.1. The maximum Gasteiger partial charge on any atom is 0.101 e. The summed E-state index contributed by atoms with van der Waals surface area (Å²) < 4.78 is 0. The molecule has 34 heavy (non-hydrogen) atoms. The van der Waals surface area contributed by atoms with Crippen LogP contribution in [-0.4, -0.2) is 29.1 Å². The highest BCUT2D eigenvalue weighted by molar-refractivity contribution is 4.96. The third kappa shape index (κ3) is 16.9. The fourth-order valence-electron chi connectivity index (χ4n) is 5.45. The van der Waals surface area contributed by atoms with Gasteiger partial charge in [0.2, 0.25) is 0 Å². The molecule has 0 saturated heterocycles. The molecule has 0 fully saturated rings. The van der Waals surface area contributed by atoms with Crippen LogP contribution in [0.5, 0.6) is 0 Å². The number of nitrogens with zero attached hydrogens (tertiary/aromatic N) is 2. The van der Waals surface area contributed by atoms with Gasteiger partial charge in [-0.25, -0.2) is 0 Å². The van der Waals surface area contributed by atoms with Crippen LogP contribution in [0.3, 0.4) is 0 Å². The van der Waals surface area contributed by atoms with Crippen molar-refractivity contribution >= 4 is 0 Å². The Balaban J connectivity index is 2.03. The molecule has 0 saturated carbocycles. The zero-order chi connectivity index (χ0) is 24.5. The molecule has 1 heterocycles.